The Hall–Kier alpha value is -0.510. The van der Waals surface area contributed by atoms with Crippen LogP contribution < -0.4 is 5.32 Å². The second-order valence-corrected chi connectivity index (χ2v) is 4.52. The van der Waals surface area contributed by atoms with E-state index in [0.29, 0.717) is 6.04 Å². The van der Waals surface area contributed by atoms with Crippen LogP contribution in [-0.4, -0.2) is 22.9 Å². The van der Waals surface area contributed by atoms with Crippen LogP contribution in [0.15, 0.2) is 4.99 Å². The Morgan fingerprint density at radius 1 is 1.31 bits per heavy atom. The minimum atomic E-state index is -0.0432. The molecule has 1 saturated carbocycles. The third-order valence-corrected chi connectivity index (χ3v) is 3.29. The van der Waals surface area contributed by atoms with E-state index in [1.165, 1.54) is 43.9 Å². The largest absolute Gasteiger partial charge is 0.370 e. The molecule has 0 radical (unpaired) electrons. The maximum absolute atomic E-state index is 10.8. The molecule has 0 aromatic rings. The third kappa shape index (κ3) is 2.46. The van der Waals surface area contributed by atoms with Gasteiger partial charge in [0.25, 0.3) is 0 Å². The first-order valence-electron chi connectivity index (χ1n) is 4.85. The van der Waals surface area contributed by atoms with Crippen molar-refractivity contribution in [3.63, 3.8) is 0 Å². The second kappa shape index (κ2) is 4.13. The Labute approximate surface area is 82.4 Å². The average molecular weight is 198 g/mol. The maximum atomic E-state index is 10.8. The van der Waals surface area contributed by atoms with Gasteiger partial charge in [-0.15, -0.1) is 0 Å². The summed E-state index contributed by atoms with van der Waals surface area (Å²) in [5.41, 5.74) is 0. The number of carbonyl (C=O) groups is 1. The summed E-state index contributed by atoms with van der Waals surface area (Å²) in [5.74, 6) is 1.64. The molecule has 0 aromatic heterocycles. The highest BCUT2D eigenvalue weighted by molar-refractivity contribution is 8.14. The molecule has 4 heteroatoms. The Morgan fingerprint density at radius 3 is 2.69 bits per heavy atom. The number of nitrogens with one attached hydrogen (secondary N) is 1. The molecule has 0 saturated heterocycles. The number of thioether (sulfide) groups is 1. The molecule has 0 atom stereocenters. The highest BCUT2D eigenvalue weighted by Crippen LogP contribution is 2.19. The first-order chi connectivity index (χ1) is 6.34. The molecular formula is C9H14N2OS. The summed E-state index contributed by atoms with van der Waals surface area (Å²) < 4.78 is 0. The molecule has 1 N–H and O–H groups in total. The van der Waals surface area contributed by atoms with Gasteiger partial charge in [-0.1, -0.05) is 31.0 Å². The van der Waals surface area contributed by atoms with Gasteiger partial charge in [-0.2, -0.15) is 4.99 Å². The van der Waals surface area contributed by atoms with Gasteiger partial charge in [0.05, 0.1) is 5.75 Å². The monoisotopic (exact) mass is 198 g/mol. The first-order valence-corrected chi connectivity index (χ1v) is 5.84. The number of carbonyl (C=O) groups excluding carboxylic acids is 1. The summed E-state index contributed by atoms with van der Waals surface area (Å²) in [6, 6.07) is 0.569. The van der Waals surface area contributed by atoms with E-state index in [2.05, 4.69) is 10.3 Å². The number of nitrogens with zero attached hydrogens (tertiary/aromatic N) is 1. The van der Waals surface area contributed by atoms with E-state index >= 15 is 0 Å². The van der Waals surface area contributed by atoms with Crippen LogP contribution in [-0.2, 0) is 0 Å². The van der Waals surface area contributed by atoms with E-state index in [9.17, 15) is 4.79 Å². The Morgan fingerprint density at radius 2 is 2.08 bits per heavy atom. The summed E-state index contributed by atoms with van der Waals surface area (Å²) >= 11 is 1.29. The van der Waals surface area contributed by atoms with Crippen molar-refractivity contribution < 1.29 is 4.79 Å². The predicted octanol–water partition coefficient (Wildman–Crippen LogP) is 2.17. The van der Waals surface area contributed by atoms with E-state index in [-0.39, 0.29) is 5.24 Å². The Balaban J connectivity index is 1.83. The first kappa shape index (κ1) is 9.06. The fourth-order valence-electron chi connectivity index (χ4n) is 1.86. The van der Waals surface area contributed by atoms with E-state index in [0.717, 1.165) is 11.6 Å². The number of aliphatic imine (C=N–C) groups is 1. The topological polar surface area (TPSA) is 41.5 Å². The number of hydrogen-bond donors (Lipinski definition) is 1. The summed E-state index contributed by atoms with van der Waals surface area (Å²) in [4.78, 5) is 14.7. The molecule has 1 fully saturated rings. The lowest BCUT2D eigenvalue weighted by atomic mass is 9.95. The van der Waals surface area contributed by atoms with Crippen LogP contribution in [0.1, 0.15) is 32.1 Å². The van der Waals surface area contributed by atoms with Crippen molar-refractivity contribution in [1.29, 1.82) is 0 Å². The van der Waals surface area contributed by atoms with Gasteiger partial charge < -0.3 is 5.32 Å². The van der Waals surface area contributed by atoms with Gasteiger partial charge in [-0.25, -0.2) is 0 Å². The van der Waals surface area contributed by atoms with E-state index < -0.39 is 0 Å². The fraction of sp³-hybridized carbons (Fsp3) is 0.778. The van der Waals surface area contributed by atoms with E-state index in [4.69, 9.17) is 0 Å². The van der Waals surface area contributed by atoms with Gasteiger partial charge in [0.15, 0.2) is 0 Å². The van der Waals surface area contributed by atoms with Gasteiger partial charge in [0.1, 0.15) is 5.84 Å². The van der Waals surface area contributed by atoms with Crippen LogP contribution in [0.4, 0.5) is 4.79 Å². The van der Waals surface area contributed by atoms with Gasteiger partial charge in [0, 0.05) is 6.04 Å². The quantitative estimate of drug-likeness (QED) is 0.702. The van der Waals surface area contributed by atoms with Crippen LogP contribution in [0.25, 0.3) is 0 Å². The summed E-state index contributed by atoms with van der Waals surface area (Å²) in [6.45, 7) is 0. The summed E-state index contributed by atoms with van der Waals surface area (Å²) in [5, 5.41) is 3.31. The van der Waals surface area contributed by atoms with Crippen molar-refractivity contribution in [2.24, 2.45) is 4.99 Å². The molecule has 0 unspecified atom stereocenters. The van der Waals surface area contributed by atoms with E-state index in [1.54, 1.807) is 0 Å². The van der Waals surface area contributed by atoms with Crippen LogP contribution in [0, 0.1) is 0 Å². The van der Waals surface area contributed by atoms with E-state index in [1.807, 2.05) is 0 Å². The smallest absolute Gasteiger partial charge is 0.306 e. The lowest BCUT2D eigenvalue weighted by Crippen LogP contribution is -2.36. The SMILES string of the molecule is O=C1N=C(NC2CCCCC2)CS1. The van der Waals surface area contributed by atoms with Crippen molar-refractivity contribution in [3.8, 4) is 0 Å². The van der Waals surface area contributed by atoms with Crippen molar-refractivity contribution in [1.82, 2.24) is 5.32 Å². The van der Waals surface area contributed by atoms with Crippen molar-refractivity contribution in [3.05, 3.63) is 0 Å². The molecule has 1 heterocycles. The van der Waals surface area contributed by atoms with Gasteiger partial charge in [-0.3, -0.25) is 4.79 Å². The lowest BCUT2D eigenvalue weighted by Gasteiger charge is -2.23. The number of rotatable bonds is 1. The lowest BCUT2D eigenvalue weighted by molar-refractivity contribution is 0.268. The fourth-order valence-corrected chi connectivity index (χ4v) is 2.44. The van der Waals surface area contributed by atoms with Gasteiger partial charge in [0.2, 0.25) is 0 Å². The van der Waals surface area contributed by atoms with Crippen LogP contribution >= 0.6 is 11.8 Å². The van der Waals surface area contributed by atoms with Gasteiger partial charge >= 0.3 is 5.24 Å². The highest BCUT2D eigenvalue weighted by atomic mass is 32.2. The maximum Gasteiger partial charge on any atom is 0.306 e. The molecule has 3 nitrogen and oxygen atoms in total. The highest BCUT2D eigenvalue weighted by Gasteiger charge is 2.19. The van der Waals surface area contributed by atoms with Gasteiger partial charge in [-0.05, 0) is 12.8 Å². The summed E-state index contributed by atoms with van der Waals surface area (Å²) in [7, 11) is 0. The molecule has 1 aliphatic heterocycles. The van der Waals surface area contributed by atoms with Crippen molar-refractivity contribution in [2.45, 2.75) is 38.1 Å². The molecule has 1 aliphatic carbocycles. The minimum absolute atomic E-state index is 0.0432. The van der Waals surface area contributed by atoms with Crippen LogP contribution in [0.2, 0.25) is 0 Å². The Bertz CT molecular complexity index is 234. The zero-order valence-corrected chi connectivity index (χ0v) is 8.40. The molecule has 0 aromatic carbocycles. The zero-order chi connectivity index (χ0) is 9.10. The molecule has 72 valence electrons. The minimum Gasteiger partial charge on any atom is -0.370 e. The molecule has 2 rings (SSSR count). The Kier molecular flexibility index (Phi) is 2.88. The number of hydrogen-bond acceptors (Lipinski definition) is 3. The molecule has 1 amide bonds. The number of amides is 1. The third-order valence-electron chi connectivity index (χ3n) is 2.53. The molecule has 2 aliphatic rings. The normalized spacial score (nSPS) is 24.6. The average Bonchev–Trinajstić information content (AvgIpc) is 2.53. The molecule has 0 spiro atoms. The molecule has 13 heavy (non-hydrogen) atoms. The standard InChI is InChI=1S/C9H14N2OS/c12-9-11-8(6-13-9)10-7-4-2-1-3-5-7/h7H,1-6H2,(H,10,11,12). The zero-order valence-electron chi connectivity index (χ0n) is 7.58. The molecule has 0 bridgehead atoms. The second-order valence-electron chi connectivity index (χ2n) is 3.59. The number of amidine groups is 1. The van der Waals surface area contributed by atoms with Crippen LogP contribution in [0.5, 0.6) is 0 Å². The van der Waals surface area contributed by atoms with Crippen LogP contribution in [0.3, 0.4) is 0 Å². The summed E-state index contributed by atoms with van der Waals surface area (Å²) in [6.07, 6.45) is 6.45. The van der Waals surface area contributed by atoms with Crippen molar-refractivity contribution in [2.75, 3.05) is 5.75 Å². The van der Waals surface area contributed by atoms with Crippen molar-refractivity contribution >= 4 is 22.8 Å². The predicted molar refractivity (Wildman–Crippen MR) is 55.3 cm³/mol. The molecular weight excluding hydrogens is 184 g/mol.